The van der Waals surface area contributed by atoms with Gasteiger partial charge in [-0.25, -0.2) is 0 Å². The van der Waals surface area contributed by atoms with Gasteiger partial charge in [0.2, 0.25) is 5.91 Å². The van der Waals surface area contributed by atoms with E-state index in [4.69, 9.17) is 16.3 Å². The average Bonchev–Trinajstić information content (AvgIpc) is 2.20. The molecular weight excluding hydrogens is 226 g/mol. The number of benzene rings is 1. The van der Waals surface area contributed by atoms with Gasteiger partial charge in [-0.2, -0.15) is 0 Å². The third kappa shape index (κ3) is 1.76. The number of amides is 1. The molecule has 0 aliphatic carbocycles. The highest BCUT2D eigenvalue weighted by atomic mass is 35.5. The number of halogens is 1. The number of nitrogens with zero attached hydrogens (tertiary/aromatic N) is 1. The maximum Gasteiger partial charge on any atom is 0.224 e. The Kier molecular flexibility index (Phi) is 2.80. The van der Waals surface area contributed by atoms with Crippen molar-refractivity contribution in [2.45, 2.75) is 26.8 Å². The van der Waals surface area contributed by atoms with Crippen LogP contribution in [0.1, 0.15) is 19.4 Å². The molecule has 2 rings (SSSR count). The van der Waals surface area contributed by atoms with E-state index in [0.29, 0.717) is 17.4 Å². The second-order valence-corrected chi connectivity index (χ2v) is 4.53. The Morgan fingerprint density at radius 3 is 2.88 bits per heavy atom. The molecule has 1 aliphatic heterocycles. The SMILES string of the molecule is CC(=O)N1c2cc(C)c(Cl)cc2OCC1C. The normalized spacial score (nSPS) is 19.0. The van der Waals surface area contributed by atoms with E-state index >= 15 is 0 Å². The van der Waals surface area contributed by atoms with Crippen LogP contribution in [-0.2, 0) is 4.79 Å². The number of carbonyl (C=O) groups excluding carboxylic acids is 1. The van der Waals surface area contributed by atoms with E-state index in [-0.39, 0.29) is 11.9 Å². The molecule has 0 aromatic heterocycles. The fourth-order valence-electron chi connectivity index (χ4n) is 1.95. The van der Waals surface area contributed by atoms with Crippen molar-refractivity contribution < 1.29 is 9.53 Å². The molecule has 1 aromatic carbocycles. The largest absolute Gasteiger partial charge is 0.489 e. The molecule has 1 atom stereocenters. The minimum Gasteiger partial charge on any atom is -0.489 e. The van der Waals surface area contributed by atoms with E-state index in [1.807, 2.05) is 19.9 Å². The zero-order valence-electron chi connectivity index (χ0n) is 9.58. The van der Waals surface area contributed by atoms with Crippen LogP contribution in [0.5, 0.6) is 5.75 Å². The standard InChI is InChI=1S/C12H14ClNO2/c1-7-4-11-12(5-10(7)13)16-6-8(2)14(11)9(3)15/h4-5,8H,6H2,1-3H3. The van der Waals surface area contributed by atoms with Crippen LogP contribution in [-0.4, -0.2) is 18.6 Å². The molecule has 0 radical (unpaired) electrons. The number of ether oxygens (including phenoxy) is 1. The first-order valence-corrected chi connectivity index (χ1v) is 5.61. The van der Waals surface area contributed by atoms with E-state index in [1.54, 1.807) is 17.9 Å². The summed E-state index contributed by atoms with van der Waals surface area (Å²) >= 11 is 6.03. The molecule has 0 saturated carbocycles. The fourth-order valence-corrected chi connectivity index (χ4v) is 2.11. The summed E-state index contributed by atoms with van der Waals surface area (Å²) in [6.45, 7) is 5.95. The monoisotopic (exact) mass is 239 g/mol. The number of hydrogen-bond acceptors (Lipinski definition) is 2. The number of hydrogen-bond donors (Lipinski definition) is 0. The molecule has 0 saturated heterocycles. The zero-order valence-corrected chi connectivity index (χ0v) is 10.3. The number of rotatable bonds is 0. The molecule has 1 aromatic rings. The highest BCUT2D eigenvalue weighted by Gasteiger charge is 2.27. The van der Waals surface area contributed by atoms with Gasteiger partial charge in [0.1, 0.15) is 12.4 Å². The Bertz CT molecular complexity index is 445. The lowest BCUT2D eigenvalue weighted by molar-refractivity contribution is -0.117. The van der Waals surface area contributed by atoms with Gasteiger partial charge in [0, 0.05) is 18.0 Å². The molecule has 0 fully saturated rings. The average molecular weight is 240 g/mol. The minimum absolute atomic E-state index is 0.0266. The number of anilines is 1. The lowest BCUT2D eigenvalue weighted by atomic mass is 10.1. The zero-order chi connectivity index (χ0) is 11.9. The summed E-state index contributed by atoms with van der Waals surface area (Å²) in [5.41, 5.74) is 1.76. The number of aryl methyl sites for hydroxylation is 1. The van der Waals surface area contributed by atoms with Crippen molar-refractivity contribution in [2.75, 3.05) is 11.5 Å². The summed E-state index contributed by atoms with van der Waals surface area (Å²) in [7, 11) is 0. The highest BCUT2D eigenvalue weighted by Crippen LogP contribution is 2.37. The van der Waals surface area contributed by atoms with Crippen molar-refractivity contribution in [1.29, 1.82) is 0 Å². The summed E-state index contributed by atoms with van der Waals surface area (Å²) in [6, 6.07) is 3.73. The molecule has 0 N–H and O–H groups in total. The van der Waals surface area contributed by atoms with Crippen molar-refractivity contribution >= 4 is 23.2 Å². The summed E-state index contributed by atoms with van der Waals surface area (Å²) < 4.78 is 5.57. The maximum atomic E-state index is 11.6. The lowest BCUT2D eigenvalue weighted by Gasteiger charge is -2.34. The summed E-state index contributed by atoms with van der Waals surface area (Å²) in [5.74, 6) is 0.711. The Morgan fingerprint density at radius 2 is 2.25 bits per heavy atom. The summed E-state index contributed by atoms with van der Waals surface area (Å²) in [5, 5.41) is 0.664. The van der Waals surface area contributed by atoms with Gasteiger partial charge in [-0.05, 0) is 25.5 Å². The lowest BCUT2D eigenvalue weighted by Crippen LogP contribution is -2.44. The van der Waals surface area contributed by atoms with Crippen LogP contribution in [0.4, 0.5) is 5.69 Å². The third-order valence-electron chi connectivity index (χ3n) is 2.76. The molecule has 1 heterocycles. The van der Waals surface area contributed by atoms with Crippen molar-refractivity contribution in [3.05, 3.63) is 22.7 Å². The Morgan fingerprint density at radius 1 is 1.56 bits per heavy atom. The van der Waals surface area contributed by atoms with E-state index in [2.05, 4.69) is 0 Å². The first kappa shape index (κ1) is 11.3. The smallest absolute Gasteiger partial charge is 0.224 e. The van der Waals surface area contributed by atoms with Gasteiger partial charge in [-0.3, -0.25) is 4.79 Å². The van der Waals surface area contributed by atoms with Crippen molar-refractivity contribution in [2.24, 2.45) is 0 Å². The highest BCUT2D eigenvalue weighted by molar-refractivity contribution is 6.31. The predicted molar refractivity (Wildman–Crippen MR) is 64.3 cm³/mol. The van der Waals surface area contributed by atoms with Gasteiger partial charge in [-0.15, -0.1) is 0 Å². The minimum atomic E-state index is 0.0266. The van der Waals surface area contributed by atoms with Crippen molar-refractivity contribution in [3.63, 3.8) is 0 Å². The van der Waals surface area contributed by atoms with Gasteiger partial charge >= 0.3 is 0 Å². The fraction of sp³-hybridized carbons (Fsp3) is 0.417. The second kappa shape index (κ2) is 3.98. The molecular formula is C12H14ClNO2. The van der Waals surface area contributed by atoms with Crippen LogP contribution in [0.3, 0.4) is 0 Å². The van der Waals surface area contributed by atoms with E-state index in [9.17, 15) is 4.79 Å². The van der Waals surface area contributed by atoms with Crippen LogP contribution in [0, 0.1) is 6.92 Å². The van der Waals surface area contributed by atoms with Crippen LogP contribution in [0.2, 0.25) is 5.02 Å². The molecule has 1 unspecified atom stereocenters. The molecule has 4 heteroatoms. The molecule has 1 aliphatic rings. The molecule has 16 heavy (non-hydrogen) atoms. The van der Waals surface area contributed by atoms with Crippen molar-refractivity contribution in [1.82, 2.24) is 0 Å². The predicted octanol–water partition coefficient (Wildman–Crippen LogP) is 2.78. The Hall–Kier alpha value is -1.22. The molecule has 0 spiro atoms. The summed E-state index contributed by atoms with van der Waals surface area (Å²) in [6.07, 6.45) is 0. The van der Waals surface area contributed by atoms with Gasteiger partial charge in [0.25, 0.3) is 0 Å². The van der Waals surface area contributed by atoms with Crippen LogP contribution in [0.15, 0.2) is 12.1 Å². The van der Waals surface area contributed by atoms with Gasteiger partial charge in [0.15, 0.2) is 0 Å². The molecule has 86 valence electrons. The van der Waals surface area contributed by atoms with Gasteiger partial charge in [-0.1, -0.05) is 11.6 Å². The Labute approximate surface area is 100.0 Å². The maximum absolute atomic E-state index is 11.6. The van der Waals surface area contributed by atoms with Crippen molar-refractivity contribution in [3.8, 4) is 5.75 Å². The number of fused-ring (bicyclic) bond motifs is 1. The van der Waals surface area contributed by atoms with E-state index < -0.39 is 0 Å². The third-order valence-corrected chi connectivity index (χ3v) is 3.17. The molecule has 0 bridgehead atoms. The van der Waals surface area contributed by atoms with Gasteiger partial charge < -0.3 is 9.64 Å². The van der Waals surface area contributed by atoms with Gasteiger partial charge in [0.05, 0.1) is 11.7 Å². The van der Waals surface area contributed by atoms with Crippen LogP contribution >= 0.6 is 11.6 Å². The quantitative estimate of drug-likeness (QED) is 0.697. The number of carbonyl (C=O) groups is 1. The second-order valence-electron chi connectivity index (χ2n) is 4.12. The first-order valence-electron chi connectivity index (χ1n) is 5.23. The van der Waals surface area contributed by atoms with Crippen LogP contribution in [0.25, 0.3) is 0 Å². The molecule has 3 nitrogen and oxygen atoms in total. The topological polar surface area (TPSA) is 29.5 Å². The Balaban J connectivity index is 2.55. The van der Waals surface area contributed by atoms with E-state index in [0.717, 1.165) is 11.3 Å². The first-order chi connectivity index (χ1) is 7.50. The van der Waals surface area contributed by atoms with Crippen LogP contribution < -0.4 is 9.64 Å². The molecule has 1 amide bonds. The summed E-state index contributed by atoms with van der Waals surface area (Å²) in [4.78, 5) is 13.4. The van der Waals surface area contributed by atoms with E-state index in [1.165, 1.54) is 0 Å².